The summed E-state index contributed by atoms with van der Waals surface area (Å²) in [7, 11) is 0. The molecule has 0 bridgehead atoms. The molecule has 0 aliphatic carbocycles. The Hall–Kier alpha value is -1.88. The van der Waals surface area contributed by atoms with E-state index in [9.17, 15) is 9.59 Å². The molecule has 2 amide bonds. The number of hydrogen-bond acceptors (Lipinski definition) is 3. The van der Waals surface area contributed by atoms with Crippen LogP contribution >= 0.6 is 0 Å². The van der Waals surface area contributed by atoms with Gasteiger partial charge in [0.15, 0.2) is 0 Å². The summed E-state index contributed by atoms with van der Waals surface area (Å²) < 4.78 is 0. The van der Waals surface area contributed by atoms with Gasteiger partial charge in [-0.25, -0.2) is 0 Å². The van der Waals surface area contributed by atoms with Gasteiger partial charge >= 0.3 is 0 Å². The minimum absolute atomic E-state index is 0.0566. The summed E-state index contributed by atoms with van der Waals surface area (Å²) in [6.45, 7) is 9.46. The van der Waals surface area contributed by atoms with Crippen LogP contribution in [0.15, 0.2) is 24.3 Å². The van der Waals surface area contributed by atoms with Crippen LogP contribution in [0.3, 0.4) is 0 Å². The fourth-order valence-corrected chi connectivity index (χ4v) is 4.32. The molecule has 1 aromatic rings. The highest BCUT2D eigenvalue weighted by Gasteiger charge is 2.23. The SMILES string of the molecule is CC1CC(C)CN(CCCNC(=O)c2cccc(N3CCCC3=O)c2)C1. The predicted octanol–water partition coefficient (Wildman–Crippen LogP) is 2.91. The number of anilines is 1. The minimum atomic E-state index is -0.0566. The maximum absolute atomic E-state index is 12.4. The Balaban J connectivity index is 1.46. The summed E-state index contributed by atoms with van der Waals surface area (Å²) in [5.41, 5.74) is 1.46. The van der Waals surface area contributed by atoms with Crippen LogP contribution in [0.25, 0.3) is 0 Å². The standard InChI is InChI=1S/C21H31N3O2/c1-16-12-17(2)15-23(14-16)10-5-9-22-21(26)18-6-3-7-19(13-18)24-11-4-8-20(24)25/h3,6-7,13,16-17H,4-5,8-12,14-15H2,1-2H3,(H,22,26). The summed E-state index contributed by atoms with van der Waals surface area (Å²) in [6, 6.07) is 7.39. The molecule has 1 N–H and O–H groups in total. The van der Waals surface area contributed by atoms with E-state index in [1.54, 1.807) is 4.90 Å². The highest BCUT2D eigenvalue weighted by molar-refractivity contribution is 5.99. The molecule has 2 saturated heterocycles. The number of carbonyl (C=O) groups excluding carboxylic acids is 2. The fraction of sp³-hybridized carbons (Fsp3) is 0.619. The minimum Gasteiger partial charge on any atom is -0.352 e. The Labute approximate surface area is 156 Å². The van der Waals surface area contributed by atoms with Gasteiger partial charge in [0.05, 0.1) is 0 Å². The number of hydrogen-bond donors (Lipinski definition) is 1. The fourth-order valence-electron chi connectivity index (χ4n) is 4.32. The second-order valence-corrected chi connectivity index (χ2v) is 8.01. The first-order valence-corrected chi connectivity index (χ1v) is 9.94. The van der Waals surface area contributed by atoms with E-state index in [1.807, 2.05) is 24.3 Å². The van der Waals surface area contributed by atoms with Gasteiger partial charge in [0.1, 0.15) is 0 Å². The van der Waals surface area contributed by atoms with Gasteiger partial charge in [-0.3, -0.25) is 9.59 Å². The van der Waals surface area contributed by atoms with Crippen molar-refractivity contribution in [1.29, 1.82) is 0 Å². The molecule has 5 nitrogen and oxygen atoms in total. The van der Waals surface area contributed by atoms with E-state index in [4.69, 9.17) is 0 Å². The molecular formula is C21H31N3O2. The van der Waals surface area contributed by atoms with Crippen LogP contribution in [0.5, 0.6) is 0 Å². The Morgan fingerprint density at radius 2 is 2.00 bits per heavy atom. The Bertz CT molecular complexity index is 636. The third kappa shape index (κ3) is 4.85. The van der Waals surface area contributed by atoms with E-state index in [0.717, 1.165) is 43.5 Å². The Kier molecular flexibility index (Phi) is 6.30. The van der Waals surface area contributed by atoms with Gasteiger partial charge in [-0.2, -0.15) is 0 Å². The van der Waals surface area contributed by atoms with E-state index in [-0.39, 0.29) is 11.8 Å². The summed E-state index contributed by atoms with van der Waals surface area (Å²) in [5, 5.41) is 3.02. The molecule has 2 fully saturated rings. The van der Waals surface area contributed by atoms with Crippen LogP contribution in [-0.2, 0) is 4.79 Å². The van der Waals surface area contributed by atoms with Crippen molar-refractivity contribution >= 4 is 17.5 Å². The Morgan fingerprint density at radius 3 is 2.69 bits per heavy atom. The first kappa shape index (κ1) is 18.9. The molecule has 0 aromatic heterocycles. The van der Waals surface area contributed by atoms with E-state index in [0.29, 0.717) is 18.5 Å². The van der Waals surface area contributed by atoms with Crippen LogP contribution in [0.4, 0.5) is 5.69 Å². The average Bonchev–Trinajstić information content (AvgIpc) is 3.04. The molecule has 0 spiro atoms. The quantitative estimate of drug-likeness (QED) is 0.797. The van der Waals surface area contributed by atoms with Crippen LogP contribution in [0.2, 0.25) is 0 Å². The molecular weight excluding hydrogens is 326 g/mol. The zero-order valence-corrected chi connectivity index (χ0v) is 16.0. The van der Waals surface area contributed by atoms with Crippen LogP contribution < -0.4 is 10.2 Å². The van der Waals surface area contributed by atoms with Crippen molar-refractivity contribution in [2.24, 2.45) is 11.8 Å². The lowest BCUT2D eigenvalue weighted by molar-refractivity contribution is -0.117. The van der Waals surface area contributed by atoms with Crippen molar-refractivity contribution in [3.8, 4) is 0 Å². The maximum atomic E-state index is 12.4. The van der Waals surface area contributed by atoms with E-state index in [2.05, 4.69) is 24.1 Å². The molecule has 3 rings (SSSR count). The van der Waals surface area contributed by atoms with Crippen LogP contribution in [-0.4, -0.2) is 49.4 Å². The number of rotatable bonds is 6. The monoisotopic (exact) mass is 357 g/mol. The normalized spacial score (nSPS) is 24.1. The van der Waals surface area contributed by atoms with Crippen molar-refractivity contribution in [3.05, 3.63) is 29.8 Å². The van der Waals surface area contributed by atoms with E-state index in [1.165, 1.54) is 19.5 Å². The van der Waals surface area contributed by atoms with Crippen LogP contribution in [0.1, 0.15) is 49.9 Å². The molecule has 142 valence electrons. The van der Waals surface area contributed by atoms with Gasteiger partial charge in [0, 0.05) is 43.9 Å². The zero-order valence-electron chi connectivity index (χ0n) is 16.0. The number of nitrogens with one attached hydrogen (secondary N) is 1. The third-order valence-corrected chi connectivity index (χ3v) is 5.37. The van der Waals surface area contributed by atoms with Gasteiger partial charge < -0.3 is 15.1 Å². The number of likely N-dealkylation sites (tertiary alicyclic amines) is 1. The van der Waals surface area contributed by atoms with Gasteiger partial charge in [0.25, 0.3) is 5.91 Å². The molecule has 0 saturated carbocycles. The highest BCUT2D eigenvalue weighted by atomic mass is 16.2. The maximum Gasteiger partial charge on any atom is 0.251 e. The van der Waals surface area contributed by atoms with Crippen molar-refractivity contribution < 1.29 is 9.59 Å². The number of carbonyl (C=O) groups is 2. The highest BCUT2D eigenvalue weighted by Crippen LogP contribution is 2.22. The van der Waals surface area contributed by atoms with Crippen molar-refractivity contribution in [1.82, 2.24) is 10.2 Å². The zero-order chi connectivity index (χ0) is 18.5. The topological polar surface area (TPSA) is 52.7 Å². The molecule has 26 heavy (non-hydrogen) atoms. The summed E-state index contributed by atoms with van der Waals surface area (Å²) >= 11 is 0. The molecule has 2 aliphatic rings. The number of piperidine rings is 1. The number of benzene rings is 1. The van der Waals surface area contributed by atoms with Gasteiger partial charge in [0.2, 0.25) is 5.91 Å². The van der Waals surface area contributed by atoms with Gasteiger partial charge in [-0.15, -0.1) is 0 Å². The second kappa shape index (κ2) is 8.67. The smallest absolute Gasteiger partial charge is 0.251 e. The molecule has 2 unspecified atom stereocenters. The summed E-state index contributed by atoms with van der Waals surface area (Å²) in [6.07, 6.45) is 3.78. The number of amides is 2. The molecule has 2 atom stereocenters. The lowest BCUT2D eigenvalue weighted by Gasteiger charge is -2.34. The van der Waals surface area contributed by atoms with Crippen molar-refractivity contribution in [3.63, 3.8) is 0 Å². The van der Waals surface area contributed by atoms with Crippen LogP contribution in [0, 0.1) is 11.8 Å². The lowest BCUT2D eigenvalue weighted by Crippen LogP contribution is -2.40. The lowest BCUT2D eigenvalue weighted by atomic mass is 9.92. The predicted molar refractivity (Wildman–Crippen MR) is 104 cm³/mol. The van der Waals surface area contributed by atoms with Crippen molar-refractivity contribution in [2.45, 2.75) is 39.5 Å². The van der Waals surface area contributed by atoms with Gasteiger partial charge in [-0.1, -0.05) is 19.9 Å². The number of nitrogens with zero attached hydrogens (tertiary/aromatic N) is 2. The summed E-state index contributed by atoms with van der Waals surface area (Å²) in [4.78, 5) is 28.6. The molecule has 5 heteroatoms. The van der Waals surface area contributed by atoms with Crippen molar-refractivity contribution in [2.75, 3.05) is 37.6 Å². The molecule has 2 heterocycles. The summed E-state index contributed by atoms with van der Waals surface area (Å²) in [5.74, 6) is 1.63. The first-order chi connectivity index (χ1) is 12.5. The largest absolute Gasteiger partial charge is 0.352 e. The molecule has 0 radical (unpaired) electrons. The molecule has 1 aromatic carbocycles. The van der Waals surface area contributed by atoms with Gasteiger partial charge in [-0.05, 0) is 55.8 Å². The molecule has 2 aliphatic heterocycles. The second-order valence-electron chi connectivity index (χ2n) is 8.01. The van der Waals surface area contributed by atoms with E-state index >= 15 is 0 Å². The average molecular weight is 357 g/mol. The third-order valence-electron chi connectivity index (χ3n) is 5.37. The van der Waals surface area contributed by atoms with E-state index < -0.39 is 0 Å². The first-order valence-electron chi connectivity index (χ1n) is 9.94. The Morgan fingerprint density at radius 1 is 1.23 bits per heavy atom.